The Bertz CT molecular complexity index is 829. The molecule has 3 heterocycles. The Morgan fingerprint density at radius 2 is 1.85 bits per heavy atom. The summed E-state index contributed by atoms with van der Waals surface area (Å²) >= 11 is 0. The first-order chi connectivity index (χ1) is 15.4. The van der Waals surface area contributed by atoms with Crippen LogP contribution < -0.4 is 0 Å². The quantitative estimate of drug-likeness (QED) is 0.571. The van der Waals surface area contributed by atoms with Crippen LogP contribution in [0.3, 0.4) is 0 Å². The third kappa shape index (κ3) is 3.24. The molecule has 0 aromatic heterocycles. The van der Waals surface area contributed by atoms with E-state index in [0.29, 0.717) is 32.1 Å². The Labute approximate surface area is 195 Å². The van der Waals surface area contributed by atoms with Crippen molar-refractivity contribution >= 4 is 11.6 Å². The zero-order chi connectivity index (χ0) is 23.9. The predicted molar refractivity (Wildman–Crippen MR) is 116 cm³/mol. The molecule has 8 heteroatoms. The van der Waals surface area contributed by atoms with Gasteiger partial charge in [0.05, 0.1) is 12.7 Å². The molecule has 1 unspecified atom stereocenters. The number of aliphatic hydroxyl groups excluding tert-OH is 2. The van der Waals surface area contributed by atoms with E-state index < -0.39 is 59.2 Å². The molecular weight excluding hydrogens is 428 g/mol. The van der Waals surface area contributed by atoms with Gasteiger partial charge >= 0.3 is 0 Å². The lowest BCUT2D eigenvalue weighted by atomic mass is 9.53. The van der Waals surface area contributed by atoms with Crippen LogP contribution in [0.4, 0.5) is 0 Å². The second-order valence-electron chi connectivity index (χ2n) is 12.0. The molecule has 11 atom stereocenters. The predicted octanol–water partition coefficient (Wildman–Crippen LogP) is 1.57. The van der Waals surface area contributed by atoms with E-state index in [1.165, 1.54) is 0 Å². The van der Waals surface area contributed by atoms with E-state index in [2.05, 4.69) is 6.92 Å². The smallest absolute Gasteiger partial charge is 0.189 e. The Kier molecular flexibility index (Phi) is 5.63. The largest absolute Gasteiger partial charge is 0.388 e. The summed E-state index contributed by atoms with van der Waals surface area (Å²) in [5.41, 5.74) is -2.68. The van der Waals surface area contributed by atoms with Crippen LogP contribution in [-0.2, 0) is 23.8 Å². The summed E-state index contributed by atoms with van der Waals surface area (Å²) in [7, 11) is 0. The van der Waals surface area contributed by atoms with Gasteiger partial charge in [-0.3, -0.25) is 9.59 Å². The van der Waals surface area contributed by atoms with Crippen molar-refractivity contribution in [1.29, 1.82) is 0 Å². The van der Waals surface area contributed by atoms with Gasteiger partial charge in [0.1, 0.15) is 29.4 Å². The van der Waals surface area contributed by atoms with Gasteiger partial charge in [-0.2, -0.15) is 0 Å². The molecule has 3 aliphatic heterocycles. The summed E-state index contributed by atoms with van der Waals surface area (Å²) in [6.45, 7) is 7.78. The summed E-state index contributed by atoms with van der Waals surface area (Å²) in [5, 5.41) is 33.1. The van der Waals surface area contributed by atoms with Crippen molar-refractivity contribution in [2.24, 2.45) is 34.5 Å². The average molecular weight is 467 g/mol. The van der Waals surface area contributed by atoms with Crippen molar-refractivity contribution in [2.75, 3.05) is 6.61 Å². The number of Topliss-reactive ketones (excluding diaryl/α,β-unsaturated/α-hetero) is 2. The van der Waals surface area contributed by atoms with Gasteiger partial charge in [0.2, 0.25) is 0 Å². The van der Waals surface area contributed by atoms with E-state index in [-0.39, 0.29) is 30.0 Å². The van der Waals surface area contributed by atoms with Gasteiger partial charge < -0.3 is 29.5 Å². The number of ether oxygens (including phenoxy) is 3. The summed E-state index contributed by atoms with van der Waals surface area (Å²) in [5.74, 6) is -0.929. The lowest BCUT2D eigenvalue weighted by Crippen LogP contribution is -2.70. The molecule has 2 saturated carbocycles. The van der Waals surface area contributed by atoms with Gasteiger partial charge in [0.15, 0.2) is 12.6 Å². The lowest BCUT2D eigenvalue weighted by Gasteiger charge is -2.53. The minimum absolute atomic E-state index is 0.0423. The Morgan fingerprint density at radius 3 is 2.55 bits per heavy atom. The highest BCUT2D eigenvalue weighted by molar-refractivity contribution is 5.89. The summed E-state index contributed by atoms with van der Waals surface area (Å²) in [4.78, 5) is 26.2. The van der Waals surface area contributed by atoms with Crippen molar-refractivity contribution in [3.05, 3.63) is 0 Å². The number of carbonyl (C=O) groups excluding carboxylic acids is 2. The maximum atomic E-state index is 13.9. The molecule has 0 spiro atoms. The standard InChI is InChI=1S/C25H38O8/c1-12(2)15(26)7-8-23(3)9-10-24(4)14(18(23)28)6-5-13-17-20(24)33-22-25(17,30)19(32-21(13)29)16(27)11-31-22/h12-14,16-17,19-22,27,29-30H,5-11H2,1-4H3/t13-,14+,16+,17+,19-,20-,21-,22-,23+,24+,25?/m0/s1. The zero-order valence-electron chi connectivity index (χ0n) is 20.0. The Morgan fingerprint density at radius 1 is 1.12 bits per heavy atom. The molecule has 3 saturated heterocycles. The highest BCUT2D eigenvalue weighted by Crippen LogP contribution is 2.64. The normalized spacial score (nSPS) is 53.4. The van der Waals surface area contributed by atoms with Crippen LogP contribution in [0.2, 0.25) is 0 Å². The summed E-state index contributed by atoms with van der Waals surface area (Å²) < 4.78 is 17.8. The molecule has 186 valence electrons. The molecule has 5 rings (SSSR count). The minimum Gasteiger partial charge on any atom is -0.388 e. The number of carbonyl (C=O) groups is 2. The van der Waals surface area contributed by atoms with E-state index in [0.717, 1.165) is 6.42 Å². The van der Waals surface area contributed by atoms with Gasteiger partial charge in [-0.1, -0.05) is 27.7 Å². The topological polar surface area (TPSA) is 123 Å². The van der Waals surface area contributed by atoms with Gasteiger partial charge in [-0.15, -0.1) is 0 Å². The number of hydrogen-bond acceptors (Lipinski definition) is 8. The fourth-order valence-electron chi connectivity index (χ4n) is 7.55. The molecule has 5 aliphatic rings. The van der Waals surface area contributed by atoms with Crippen molar-refractivity contribution in [3.63, 3.8) is 0 Å². The van der Waals surface area contributed by atoms with E-state index in [4.69, 9.17) is 14.2 Å². The summed E-state index contributed by atoms with van der Waals surface area (Å²) in [6, 6.07) is 0. The molecule has 0 aromatic carbocycles. The Balaban J connectivity index is 1.47. The van der Waals surface area contributed by atoms with E-state index in [1.54, 1.807) is 0 Å². The number of fused-ring (bicyclic) bond motifs is 2. The molecule has 33 heavy (non-hydrogen) atoms. The molecule has 0 radical (unpaired) electrons. The lowest BCUT2D eigenvalue weighted by molar-refractivity contribution is -0.354. The zero-order valence-corrected chi connectivity index (χ0v) is 20.0. The van der Waals surface area contributed by atoms with Crippen molar-refractivity contribution in [2.45, 2.75) is 103 Å². The van der Waals surface area contributed by atoms with Crippen LogP contribution in [0.1, 0.15) is 66.2 Å². The van der Waals surface area contributed by atoms with Crippen LogP contribution in [0.25, 0.3) is 0 Å². The Hall–Kier alpha value is -0.900. The maximum absolute atomic E-state index is 13.9. The van der Waals surface area contributed by atoms with Crippen LogP contribution >= 0.6 is 0 Å². The molecule has 8 nitrogen and oxygen atoms in total. The number of rotatable bonds is 4. The molecular formula is C25H38O8. The minimum atomic E-state index is -1.57. The fraction of sp³-hybridized carbons (Fsp3) is 0.920. The van der Waals surface area contributed by atoms with Gasteiger partial charge in [0, 0.05) is 40.9 Å². The van der Waals surface area contributed by atoms with Crippen LogP contribution in [-0.4, -0.2) is 70.0 Å². The SMILES string of the molecule is CC(C)C(=O)CC[C@]1(C)CC[C@]2(C)[C@H](CC[C@H]3[C@@H]4[C@@H]2O[C@@H]2OC[C@@H](O)[C@H](O[C@@H]3O)C24O)C1=O. The van der Waals surface area contributed by atoms with Gasteiger partial charge in [-0.25, -0.2) is 0 Å². The van der Waals surface area contributed by atoms with Crippen LogP contribution in [0.15, 0.2) is 0 Å². The van der Waals surface area contributed by atoms with Crippen molar-refractivity contribution in [1.82, 2.24) is 0 Å². The molecule has 2 aliphatic carbocycles. The van der Waals surface area contributed by atoms with E-state index >= 15 is 0 Å². The average Bonchev–Trinajstić information content (AvgIpc) is 3.00. The number of hydrogen-bond donors (Lipinski definition) is 3. The molecule has 5 fully saturated rings. The molecule has 0 aromatic rings. The van der Waals surface area contributed by atoms with Crippen LogP contribution in [0, 0.1) is 34.5 Å². The second-order valence-corrected chi connectivity index (χ2v) is 12.0. The monoisotopic (exact) mass is 466 g/mol. The molecule has 3 N–H and O–H groups in total. The third-order valence-electron chi connectivity index (χ3n) is 9.77. The van der Waals surface area contributed by atoms with Crippen molar-refractivity contribution in [3.8, 4) is 0 Å². The summed E-state index contributed by atoms with van der Waals surface area (Å²) in [6.07, 6.45) is -1.27. The highest BCUT2D eigenvalue weighted by atomic mass is 16.7. The number of ketones is 2. The van der Waals surface area contributed by atoms with E-state index in [1.807, 2.05) is 20.8 Å². The third-order valence-corrected chi connectivity index (χ3v) is 9.77. The second kappa shape index (κ2) is 7.80. The first-order valence-electron chi connectivity index (χ1n) is 12.5. The first-order valence-corrected chi connectivity index (χ1v) is 12.5. The highest BCUT2D eigenvalue weighted by Gasteiger charge is 2.74. The molecule has 0 bridgehead atoms. The molecule has 0 amide bonds. The van der Waals surface area contributed by atoms with Gasteiger partial charge in [0.25, 0.3) is 0 Å². The van der Waals surface area contributed by atoms with Gasteiger partial charge in [-0.05, 0) is 32.1 Å². The fourth-order valence-corrected chi connectivity index (χ4v) is 7.55. The first kappa shape index (κ1) is 23.8. The van der Waals surface area contributed by atoms with Crippen molar-refractivity contribution < 1.29 is 39.1 Å². The van der Waals surface area contributed by atoms with Crippen LogP contribution in [0.5, 0.6) is 0 Å². The van der Waals surface area contributed by atoms with E-state index in [9.17, 15) is 24.9 Å². The number of aliphatic hydroxyl groups is 3. The maximum Gasteiger partial charge on any atom is 0.189 e.